The minimum absolute atomic E-state index is 0.0936. The highest BCUT2D eigenvalue weighted by atomic mass is 16.1. The molecule has 124 valence electrons. The van der Waals surface area contributed by atoms with Gasteiger partial charge in [0.15, 0.2) is 11.6 Å². The van der Waals surface area contributed by atoms with E-state index >= 15 is 0 Å². The van der Waals surface area contributed by atoms with Crippen molar-refractivity contribution < 1.29 is 4.79 Å². The van der Waals surface area contributed by atoms with Gasteiger partial charge < -0.3 is 4.90 Å². The Labute approximate surface area is 141 Å². The van der Waals surface area contributed by atoms with E-state index in [1.807, 2.05) is 11.8 Å². The number of Topliss-reactive ketones (excluding diaryl/α,β-unsaturated/α-hetero) is 1. The Kier molecular flexibility index (Phi) is 4.56. The molecule has 0 spiro atoms. The van der Waals surface area contributed by atoms with Crippen LogP contribution in [0.3, 0.4) is 0 Å². The summed E-state index contributed by atoms with van der Waals surface area (Å²) in [6, 6.07) is 2.14. The summed E-state index contributed by atoms with van der Waals surface area (Å²) in [6.07, 6.45) is 10.4. The largest absolute Gasteiger partial charge is 0.342 e. The zero-order chi connectivity index (χ0) is 17.1. The molecule has 1 aliphatic carbocycles. The molecule has 1 fully saturated rings. The fourth-order valence-corrected chi connectivity index (χ4v) is 3.06. The van der Waals surface area contributed by atoms with Crippen LogP contribution in [0.4, 0.5) is 5.82 Å². The normalized spacial score (nSPS) is 15.4. The second kappa shape index (κ2) is 6.79. The fraction of sp³-hybridized carbons (Fsp3) is 0.471. The van der Waals surface area contributed by atoms with Crippen molar-refractivity contribution in [1.29, 1.82) is 5.26 Å². The number of nitrogens with zero attached hydrogens (tertiary/aromatic N) is 6. The van der Waals surface area contributed by atoms with E-state index in [2.05, 4.69) is 21.0 Å². The Balaban J connectivity index is 2.10. The summed E-state index contributed by atoms with van der Waals surface area (Å²) in [6.45, 7) is 3.59. The molecule has 1 saturated carbocycles. The first-order valence-electron chi connectivity index (χ1n) is 8.20. The van der Waals surface area contributed by atoms with Crippen molar-refractivity contribution in [2.24, 2.45) is 0 Å². The topological polar surface area (TPSA) is 87.7 Å². The number of anilines is 1. The summed E-state index contributed by atoms with van der Waals surface area (Å²) in [5.74, 6) is 1.09. The Hall–Kier alpha value is -2.75. The molecule has 2 heterocycles. The standard InChI is InChI=1S/C17H20N6O/c1-3-15(12(2)24)23(14-5-4-6-14)16-13(9-18)10-20-17(21-16)22-8-7-19-11-22/h7-8,10-11,14-15H,3-6H2,1-2H3/t15-/m1/s1. The molecular weight excluding hydrogens is 304 g/mol. The lowest BCUT2D eigenvalue weighted by atomic mass is 9.89. The molecule has 1 atom stereocenters. The van der Waals surface area contributed by atoms with Gasteiger partial charge in [0, 0.05) is 18.4 Å². The van der Waals surface area contributed by atoms with Crippen LogP contribution in [0.15, 0.2) is 24.9 Å². The summed E-state index contributed by atoms with van der Waals surface area (Å²) >= 11 is 0. The maximum absolute atomic E-state index is 12.2. The van der Waals surface area contributed by atoms with Gasteiger partial charge in [-0.3, -0.25) is 9.36 Å². The van der Waals surface area contributed by atoms with E-state index in [1.165, 1.54) is 6.20 Å². The van der Waals surface area contributed by atoms with Crippen LogP contribution in [0, 0.1) is 11.3 Å². The lowest BCUT2D eigenvalue weighted by molar-refractivity contribution is -0.118. The van der Waals surface area contributed by atoms with Crippen molar-refractivity contribution in [3.63, 3.8) is 0 Å². The lowest BCUT2D eigenvalue weighted by Crippen LogP contribution is -2.50. The summed E-state index contributed by atoms with van der Waals surface area (Å²) in [5.41, 5.74) is 0.394. The van der Waals surface area contributed by atoms with Crippen LogP contribution in [-0.2, 0) is 4.79 Å². The predicted octanol–water partition coefficient (Wildman–Crippen LogP) is 2.26. The smallest absolute Gasteiger partial charge is 0.236 e. The Morgan fingerprint density at radius 3 is 2.83 bits per heavy atom. The minimum Gasteiger partial charge on any atom is -0.342 e. The van der Waals surface area contributed by atoms with Crippen molar-refractivity contribution >= 4 is 11.6 Å². The predicted molar refractivity (Wildman–Crippen MR) is 88.7 cm³/mol. The number of hydrogen-bond acceptors (Lipinski definition) is 6. The van der Waals surface area contributed by atoms with E-state index in [0.717, 1.165) is 19.3 Å². The SMILES string of the molecule is CC[C@H](C(C)=O)N(c1nc(-n2ccnc2)ncc1C#N)C1CCC1. The highest BCUT2D eigenvalue weighted by Gasteiger charge is 2.34. The average molecular weight is 324 g/mol. The van der Waals surface area contributed by atoms with Crippen molar-refractivity contribution in [2.45, 2.75) is 51.6 Å². The van der Waals surface area contributed by atoms with Gasteiger partial charge in [0.1, 0.15) is 18.0 Å². The molecule has 0 saturated heterocycles. The molecule has 7 heteroatoms. The maximum Gasteiger partial charge on any atom is 0.236 e. The zero-order valence-electron chi connectivity index (χ0n) is 13.9. The number of hydrogen-bond donors (Lipinski definition) is 0. The van der Waals surface area contributed by atoms with Crippen LogP contribution < -0.4 is 4.90 Å². The summed E-state index contributed by atoms with van der Waals surface area (Å²) in [5, 5.41) is 9.49. The lowest BCUT2D eigenvalue weighted by Gasteiger charge is -2.42. The number of aromatic nitrogens is 4. The van der Waals surface area contributed by atoms with E-state index in [0.29, 0.717) is 23.8 Å². The molecule has 0 radical (unpaired) electrons. The molecule has 0 N–H and O–H groups in total. The Morgan fingerprint density at radius 1 is 1.54 bits per heavy atom. The maximum atomic E-state index is 12.2. The molecule has 2 aromatic rings. The third-order valence-electron chi connectivity index (χ3n) is 4.52. The van der Waals surface area contributed by atoms with E-state index in [-0.39, 0.29) is 17.9 Å². The van der Waals surface area contributed by atoms with Crippen LogP contribution in [0.2, 0.25) is 0 Å². The molecule has 1 aliphatic rings. The zero-order valence-corrected chi connectivity index (χ0v) is 13.9. The average Bonchev–Trinajstić information content (AvgIpc) is 3.06. The van der Waals surface area contributed by atoms with E-state index in [4.69, 9.17) is 0 Å². The molecule has 0 unspecified atom stereocenters. The number of nitriles is 1. The van der Waals surface area contributed by atoms with E-state index in [9.17, 15) is 10.1 Å². The first kappa shape index (κ1) is 16.1. The molecule has 7 nitrogen and oxygen atoms in total. The quantitative estimate of drug-likeness (QED) is 0.810. The monoisotopic (exact) mass is 324 g/mol. The molecule has 2 aromatic heterocycles. The summed E-state index contributed by atoms with van der Waals surface area (Å²) in [4.78, 5) is 27.1. The van der Waals surface area contributed by atoms with Crippen LogP contribution in [0.25, 0.3) is 5.95 Å². The molecule has 3 rings (SSSR count). The number of carbonyl (C=O) groups excluding carboxylic acids is 1. The van der Waals surface area contributed by atoms with Crippen LogP contribution in [0.1, 0.15) is 45.1 Å². The van der Waals surface area contributed by atoms with Gasteiger partial charge in [0.25, 0.3) is 0 Å². The van der Waals surface area contributed by atoms with Gasteiger partial charge in [-0.25, -0.2) is 9.97 Å². The highest BCUT2D eigenvalue weighted by Crippen LogP contribution is 2.33. The third kappa shape index (κ3) is 2.87. The van der Waals surface area contributed by atoms with Gasteiger partial charge >= 0.3 is 0 Å². The summed E-state index contributed by atoms with van der Waals surface area (Å²) < 4.78 is 1.69. The number of rotatable bonds is 6. The van der Waals surface area contributed by atoms with Gasteiger partial charge in [-0.15, -0.1) is 0 Å². The summed E-state index contributed by atoms with van der Waals surface area (Å²) in [7, 11) is 0. The molecule has 0 aromatic carbocycles. The van der Waals surface area contributed by atoms with Crippen LogP contribution in [-0.4, -0.2) is 37.4 Å². The van der Waals surface area contributed by atoms with Crippen molar-refractivity contribution in [3.05, 3.63) is 30.5 Å². The third-order valence-corrected chi connectivity index (χ3v) is 4.52. The van der Waals surface area contributed by atoms with Crippen molar-refractivity contribution in [2.75, 3.05) is 4.90 Å². The molecule has 0 bridgehead atoms. The first-order valence-corrected chi connectivity index (χ1v) is 8.20. The van der Waals surface area contributed by atoms with Gasteiger partial charge in [0.2, 0.25) is 5.95 Å². The van der Waals surface area contributed by atoms with E-state index in [1.54, 1.807) is 30.2 Å². The van der Waals surface area contributed by atoms with Gasteiger partial charge in [-0.2, -0.15) is 10.2 Å². The number of carbonyl (C=O) groups is 1. The minimum atomic E-state index is -0.270. The fourth-order valence-electron chi connectivity index (χ4n) is 3.06. The van der Waals surface area contributed by atoms with Crippen molar-refractivity contribution in [1.82, 2.24) is 19.5 Å². The van der Waals surface area contributed by atoms with Crippen molar-refractivity contribution in [3.8, 4) is 12.0 Å². The molecular formula is C17H20N6O. The number of imidazole rings is 1. The van der Waals surface area contributed by atoms with Crippen LogP contribution >= 0.6 is 0 Å². The van der Waals surface area contributed by atoms with Gasteiger partial charge in [-0.05, 0) is 32.6 Å². The molecule has 24 heavy (non-hydrogen) atoms. The Bertz CT molecular complexity index is 760. The Morgan fingerprint density at radius 2 is 2.33 bits per heavy atom. The van der Waals surface area contributed by atoms with Gasteiger partial charge in [-0.1, -0.05) is 6.92 Å². The first-order chi connectivity index (χ1) is 11.7. The second-order valence-electron chi connectivity index (χ2n) is 6.02. The van der Waals surface area contributed by atoms with E-state index < -0.39 is 0 Å². The molecule has 0 amide bonds. The number of ketones is 1. The second-order valence-corrected chi connectivity index (χ2v) is 6.02. The van der Waals surface area contributed by atoms with Gasteiger partial charge in [0.05, 0.1) is 12.2 Å². The highest BCUT2D eigenvalue weighted by molar-refractivity contribution is 5.85. The molecule has 0 aliphatic heterocycles. The van der Waals surface area contributed by atoms with Crippen LogP contribution in [0.5, 0.6) is 0 Å².